The van der Waals surface area contributed by atoms with Crippen LogP contribution in [0.25, 0.3) is 0 Å². The molecule has 0 bridgehead atoms. The molecule has 0 fully saturated rings. The summed E-state index contributed by atoms with van der Waals surface area (Å²) in [5.74, 6) is 0. The molecule has 0 saturated heterocycles. The Morgan fingerprint density at radius 2 is 1.92 bits per heavy atom. The maximum Gasteiger partial charge on any atom is 0.0543 e. The molecule has 1 heteroatoms. The third kappa shape index (κ3) is 8.04. The molecule has 13 heavy (non-hydrogen) atoms. The van der Waals surface area contributed by atoms with Crippen molar-refractivity contribution in [2.24, 2.45) is 0 Å². The smallest absolute Gasteiger partial charge is 0.0543 e. The van der Waals surface area contributed by atoms with Crippen LogP contribution in [0.3, 0.4) is 0 Å². The van der Waals surface area contributed by atoms with Crippen molar-refractivity contribution in [3.05, 3.63) is 11.6 Å². The van der Waals surface area contributed by atoms with E-state index in [4.69, 9.17) is 0 Å². The van der Waals surface area contributed by atoms with Crippen molar-refractivity contribution in [3.63, 3.8) is 0 Å². The Morgan fingerprint density at radius 3 is 2.46 bits per heavy atom. The number of hydrogen-bond acceptors (Lipinski definition) is 1. The molecular weight excluding hydrogens is 160 g/mol. The summed E-state index contributed by atoms with van der Waals surface area (Å²) >= 11 is 0. The van der Waals surface area contributed by atoms with Crippen LogP contribution in [0, 0.1) is 0 Å². The summed E-state index contributed by atoms with van der Waals surface area (Å²) < 4.78 is 0. The van der Waals surface area contributed by atoms with Crippen LogP contribution in [0.2, 0.25) is 0 Å². The average molecular weight is 184 g/mol. The van der Waals surface area contributed by atoms with Gasteiger partial charge in [-0.15, -0.1) is 0 Å². The Bertz CT molecular complexity index is 138. The predicted octanol–water partition coefficient (Wildman–Crippen LogP) is 3.67. The molecule has 0 aromatic heterocycles. The van der Waals surface area contributed by atoms with Crippen LogP contribution in [0.4, 0.5) is 0 Å². The van der Waals surface area contributed by atoms with Gasteiger partial charge < -0.3 is 5.11 Å². The van der Waals surface area contributed by atoms with Gasteiger partial charge in [-0.3, -0.25) is 0 Å². The highest BCUT2D eigenvalue weighted by Crippen LogP contribution is 2.09. The zero-order chi connectivity index (χ0) is 10.1. The van der Waals surface area contributed by atoms with E-state index in [0.717, 1.165) is 25.7 Å². The molecule has 1 atom stereocenters. The van der Waals surface area contributed by atoms with E-state index in [-0.39, 0.29) is 6.10 Å². The summed E-state index contributed by atoms with van der Waals surface area (Å²) in [5.41, 5.74) is 1.46. The van der Waals surface area contributed by atoms with Crippen molar-refractivity contribution in [2.75, 3.05) is 0 Å². The topological polar surface area (TPSA) is 20.2 Å². The molecule has 0 aliphatic carbocycles. The van der Waals surface area contributed by atoms with Gasteiger partial charge in [-0.25, -0.2) is 0 Å². The molecule has 0 amide bonds. The van der Waals surface area contributed by atoms with Gasteiger partial charge in [0, 0.05) is 0 Å². The first-order valence-corrected chi connectivity index (χ1v) is 5.54. The van der Waals surface area contributed by atoms with Gasteiger partial charge >= 0.3 is 0 Å². The van der Waals surface area contributed by atoms with Crippen molar-refractivity contribution < 1.29 is 5.11 Å². The number of allylic oxidation sites excluding steroid dienone is 2. The van der Waals surface area contributed by atoms with E-state index >= 15 is 0 Å². The van der Waals surface area contributed by atoms with Crippen LogP contribution in [-0.4, -0.2) is 11.2 Å². The maximum absolute atomic E-state index is 9.46. The van der Waals surface area contributed by atoms with E-state index in [1.54, 1.807) is 0 Å². The predicted molar refractivity (Wildman–Crippen MR) is 58.8 cm³/mol. The molecular formula is C12H24O. The van der Waals surface area contributed by atoms with Gasteiger partial charge in [-0.05, 0) is 32.6 Å². The second kappa shape index (κ2) is 8.31. The van der Waals surface area contributed by atoms with Crippen molar-refractivity contribution in [3.8, 4) is 0 Å². The van der Waals surface area contributed by atoms with E-state index in [1.807, 2.05) is 0 Å². The summed E-state index contributed by atoms with van der Waals surface area (Å²) in [6, 6.07) is 0. The Kier molecular flexibility index (Phi) is 8.11. The monoisotopic (exact) mass is 184 g/mol. The fourth-order valence-electron chi connectivity index (χ4n) is 1.50. The summed E-state index contributed by atoms with van der Waals surface area (Å²) in [6.07, 6.45) is 8.59. The van der Waals surface area contributed by atoms with Gasteiger partial charge in [0.1, 0.15) is 0 Å². The molecule has 0 aliphatic heterocycles. The number of aliphatic hydroxyl groups is 1. The Labute approximate surface area is 82.9 Å². The fourth-order valence-corrected chi connectivity index (χ4v) is 1.50. The van der Waals surface area contributed by atoms with Crippen LogP contribution in [0.15, 0.2) is 11.6 Å². The SMILES string of the molecule is CCC/C(C)=C/CCC(O)CCC. The molecule has 1 unspecified atom stereocenters. The fraction of sp³-hybridized carbons (Fsp3) is 0.833. The minimum Gasteiger partial charge on any atom is -0.393 e. The van der Waals surface area contributed by atoms with E-state index in [1.165, 1.54) is 18.4 Å². The van der Waals surface area contributed by atoms with E-state index in [0.29, 0.717) is 0 Å². The standard InChI is InChI=1S/C12H24O/c1-4-7-11(3)9-6-10-12(13)8-5-2/h9,12-13H,4-8,10H2,1-3H3/b11-9+. The lowest BCUT2D eigenvalue weighted by Gasteiger charge is -2.06. The van der Waals surface area contributed by atoms with Crippen molar-refractivity contribution >= 4 is 0 Å². The Morgan fingerprint density at radius 1 is 1.23 bits per heavy atom. The van der Waals surface area contributed by atoms with Gasteiger partial charge in [0.15, 0.2) is 0 Å². The summed E-state index contributed by atoms with van der Waals surface area (Å²) in [4.78, 5) is 0. The summed E-state index contributed by atoms with van der Waals surface area (Å²) in [5, 5.41) is 9.46. The zero-order valence-electron chi connectivity index (χ0n) is 9.34. The van der Waals surface area contributed by atoms with E-state index in [2.05, 4.69) is 26.8 Å². The normalized spacial score (nSPS) is 14.6. The average Bonchev–Trinajstić information content (AvgIpc) is 2.05. The third-order valence-electron chi connectivity index (χ3n) is 2.26. The number of aliphatic hydroxyl groups excluding tert-OH is 1. The quantitative estimate of drug-likeness (QED) is 0.598. The molecule has 78 valence electrons. The highest BCUT2D eigenvalue weighted by molar-refractivity contribution is 4.97. The molecule has 1 nitrogen and oxygen atoms in total. The largest absolute Gasteiger partial charge is 0.393 e. The molecule has 0 saturated carbocycles. The number of rotatable bonds is 7. The minimum absolute atomic E-state index is 0.0873. The van der Waals surface area contributed by atoms with Gasteiger partial charge in [0.25, 0.3) is 0 Å². The van der Waals surface area contributed by atoms with Gasteiger partial charge in [-0.1, -0.05) is 38.3 Å². The molecule has 0 rings (SSSR count). The first-order chi connectivity index (χ1) is 6.20. The third-order valence-corrected chi connectivity index (χ3v) is 2.26. The van der Waals surface area contributed by atoms with Crippen LogP contribution >= 0.6 is 0 Å². The Hall–Kier alpha value is -0.300. The molecule has 0 heterocycles. The molecule has 1 N–H and O–H groups in total. The zero-order valence-corrected chi connectivity index (χ0v) is 9.34. The molecule has 0 radical (unpaired) electrons. The lowest BCUT2D eigenvalue weighted by molar-refractivity contribution is 0.155. The first-order valence-electron chi connectivity index (χ1n) is 5.54. The Balaban J connectivity index is 3.47. The van der Waals surface area contributed by atoms with E-state index < -0.39 is 0 Å². The van der Waals surface area contributed by atoms with E-state index in [9.17, 15) is 5.11 Å². The lowest BCUT2D eigenvalue weighted by Crippen LogP contribution is -2.04. The number of hydrogen-bond donors (Lipinski definition) is 1. The van der Waals surface area contributed by atoms with Crippen molar-refractivity contribution in [1.82, 2.24) is 0 Å². The second-order valence-corrected chi connectivity index (χ2v) is 3.82. The highest BCUT2D eigenvalue weighted by atomic mass is 16.3. The van der Waals surface area contributed by atoms with Crippen LogP contribution in [0.1, 0.15) is 59.3 Å². The lowest BCUT2D eigenvalue weighted by atomic mass is 10.1. The van der Waals surface area contributed by atoms with Crippen LogP contribution in [-0.2, 0) is 0 Å². The minimum atomic E-state index is -0.0873. The molecule has 0 aromatic rings. The highest BCUT2D eigenvalue weighted by Gasteiger charge is 2.00. The summed E-state index contributed by atoms with van der Waals surface area (Å²) in [6.45, 7) is 6.49. The molecule has 0 aromatic carbocycles. The first kappa shape index (κ1) is 12.7. The van der Waals surface area contributed by atoms with Crippen molar-refractivity contribution in [2.45, 2.75) is 65.4 Å². The second-order valence-electron chi connectivity index (χ2n) is 3.82. The van der Waals surface area contributed by atoms with Crippen LogP contribution in [0.5, 0.6) is 0 Å². The molecule has 0 aliphatic rings. The van der Waals surface area contributed by atoms with Crippen molar-refractivity contribution in [1.29, 1.82) is 0 Å². The molecule has 0 spiro atoms. The van der Waals surface area contributed by atoms with Gasteiger partial charge in [-0.2, -0.15) is 0 Å². The summed E-state index contributed by atoms with van der Waals surface area (Å²) in [7, 11) is 0. The van der Waals surface area contributed by atoms with Gasteiger partial charge in [0.05, 0.1) is 6.10 Å². The van der Waals surface area contributed by atoms with Crippen LogP contribution < -0.4 is 0 Å². The maximum atomic E-state index is 9.46. The van der Waals surface area contributed by atoms with Gasteiger partial charge in [0.2, 0.25) is 0 Å².